The van der Waals surface area contributed by atoms with Crippen LogP contribution in [0, 0.1) is 11.8 Å². The van der Waals surface area contributed by atoms with Crippen molar-refractivity contribution in [3.8, 4) is 0 Å². The van der Waals surface area contributed by atoms with Crippen LogP contribution in [0.2, 0.25) is 0 Å². The first-order chi connectivity index (χ1) is 8.92. The van der Waals surface area contributed by atoms with Crippen molar-refractivity contribution >= 4 is 5.91 Å². The largest absolute Gasteiger partial charge is 0.388 e. The van der Waals surface area contributed by atoms with Gasteiger partial charge in [0, 0.05) is 12.5 Å². The summed E-state index contributed by atoms with van der Waals surface area (Å²) in [6.45, 7) is 5.99. The highest BCUT2D eigenvalue weighted by molar-refractivity contribution is 5.82. The van der Waals surface area contributed by atoms with E-state index in [0.29, 0.717) is 12.5 Å². The summed E-state index contributed by atoms with van der Waals surface area (Å²) in [4.78, 5) is 12.0. The van der Waals surface area contributed by atoms with Gasteiger partial charge in [-0.15, -0.1) is 0 Å². The lowest BCUT2D eigenvalue weighted by atomic mass is 9.92. The summed E-state index contributed by atoms with van der Waals surface area (Å²) in [6.07, 6.45) is 0.916. The summed E-state index contributed by atoms with van der Waals surface area (Å²) in [5.41, 5.74) is 0.394. The molecule has 1 aromatic rings. The number of carbonyl (C=O) groups excluding carboxylic acids is 1. The van der Waals surface area contributed by atoms with Gasteiger partial charge in [0.2, 0.25) is 5.91 Å². The lowest BCUT2D eigenvalue weighted by Gasteiger charge is -2.27. The molecule has 1 aliphatic rings. The minimum Gasteiger partial charge on any atom is -0.388 e. The second-order valence-electron chi connectivity index (χ2n) is 6.09. The monoisotopic (exact) mass is 261 g/mol. The number of rotatable bonds is 5. The predicted octanol–water partition coefficient (Wildman–Crippen LogP) is 2.31. The molecule has 2 rings (SSSR count). The topological polar surface area (TPSA) is 49.3 Å². The predicted molar refractivity (Wildman–Crippen MR) is 75.8 cm³/mol. The Hall–Kier alpha value is -1.35. The molecule has 19 heavy (non-hydrogen) atoms. The van der Waals surface area contributed by atoms with Crippen LogP contribution in [-0.4, -0.2) is 23.2 Å². The van der Waals surface area contributed by atoms with Gasteiger partial charge >= 0.3 is 0 Å². The molecule has 2 N–H and O–H groups in total. The number of carbonyl (C=O) groups is 1. The van der Waals surface area contributed by atoms with Gasteiger partial charge < -0.3 is 10.4 Å². The summed E-state index contributed by atoms with van der Waals surface area (Å²) in [6, 6.07) is 10.1. The maximum atomic E-state index is 12.0. The smallest absolute Gasteiger partial charge is 0.223 e. The molecule has 0 heterocycles. The van der Waals surface area contributed by atoms with E-state index in [0.717, 1.165) is 6.42 Å². The van der Waals surface area contributed by atoms with Crippen molar-refractivity contribution in [2.75, 3.05) is 6.54 Å². The fourth-order valence-electron chi connectivity index (χ4n) is 2.15. The summed E-state index contributed by atoms with van der Waals surface area (Å²) < 4.78 is 0. The molecule has 0 aromatic heterocycles. The highest BCUT2D eigenvalue weighted by Gasteiger charge is 2.44. The fraction of sp³-hybridized carbons (Fsp3) is 0.562. The van der Waals surface area contributed by atoms with Crippen LogP contribution in [-0.2, 0) is 4.79 Å². The van der Waals surface area contributed by atoms with E-state index in [-0.39, 0.29) is 17.7 Å². The standard InChI is InChI=1S/C16H23NO2/c1-11(2)16(3,19)10-17-15(18)14-9-13(14)12-7-5-4-6-8-12/h4-8,11,13-14,19H,9-10H2,1-3H3,(H,17,18). The normalized spacial score (nSPS) is 24.9. The van der Waals surface area contributed by atoms with Gasteiger partial charge in [-0.3, -0.25) is 4.79 Å². The van der Waals surface area contributed by atoms with Gasteiger partial charge in [-0.1, -0.05) is 44.2 Å². The molecule has 104 valence electrons. The number of hydrogen-bond acceptors (Lipinski definition) is 2. The Morgan fingerprint density at radius 2 is 2.05 bits per heavy atom. The zero-order chi connectivity index (χ0) is 14.0. The summed E-state index contributed by atoms with van der Waals surface area (Å²) in [7, 11) is 0. The molecule has 1 fully saturated rings. The Kier molecular flexibility index (Phi) is 3.95. The van der Waals surface area contributed by atoms with Crippen LogP contribution in [0.5, 0.6) is 0 Å². The van der Waals surface area contributed by atoms with Crippen molar-refractivity contribution in [1.29, 1.82) is 0 Å². The fourth-order valence-corrected chi connectivity index (χ4v) is 2.15. The minimum absolute atomic E-state index is 0.0646. The quantitative estimate of drug-likeness (QED) is 0.854. The van der Waals surface area contributed by atoms with Gasteiger partial charge in [0.1, 0.15) is 0 Å². The lowest BCUT2D eigenvalue weighted by Crippen LogP contribution is -2.44. The van der Waals surface area contributed by atoms with Crippen molar-refractivity contribution in [3.63, 3.8) is 0 Å². The molecule has 3 unspecified atom stereocenters. The van der Waals surface area contributed by atoms with Gasteiger partial charge in [0.15, 0.2) is 0 Å². The van der Waals surface area contributed by atoms with Gasteiger partial charge in [-0.25, -0.2) is 0 Å². The molecule has 3 heteroatoms. The van der Waals surface area contributed by atoms with Crippen LogP contribution >= 0.6 is 0 Å². The summed E-state index contributed by atoms with van der Waals surface area (Å²) in [5, 5.41) is 13.0. The third kappa shape index (κ3) is 3.35. The van der Waals surface area contributed by atoms with E-state index in [1.54, 1.807) is 6.92 Å². The van der Waals surface area contributed by atoms with Crippen molar-refractivity contribution in [1.82, 2.24) is 5.32 Å². The molecule has 3 atom stereocenters. The Morgan fingerprint density at radius 1 is 1.42 bits per heavy atom. The van der Waals surface area contributed by atoms with Crippen LogP contribution in [0.25, 0.3) is 0 Å². The van der Waals surface area contributed by atoms with Crippen molar-refractivity contribution in [3.05, 3.63) is 35.9 Å². The minimum atomic E-state index is -0.840. The Balaban J connectivity index is 1.84. The summed E-state index contributed by atoms with van der Waals surface area (Å²) in [5.74, 6) is 0.613. The zero-order valence-corrected chi connectivity index (χ0v) is 11.9. The average Bonchev–Trinajstić information content (AvgIpc) is 3.17. The van der Waals surface area contributed by atoms with E-state index >= 15 is 0 Å². The Labute approximate surface area is 115 Å². The van der Waals surface area contributed by atoms with Crippen molar-refractivity contribution in [2.24, 2.45) is 11.8 Å². The first kappa shape index (κ1) is 14.1. The molecule has 0 bridgehead atoms. The molecule has 1 aliphatic carbocycles. The van der Waals surface area contributed by atoms with E-state index in [4.69, 9.17) is 0 Å². The SMILES string of the molecule is CC(C)C(C)(O)CNC(=O)C1CC1c1ccccc1. The van der Waals surface area contributed by atoms with Crippen LogP contribution in [0.4, 0.5) is 0 Å². The van der Waals surface area contributed by atoms with Crippen LogP contribution in [0.3, 0.4) is 0 Å². The Morgan fingerprint density at radius 3 is 2.63 bits per heavy atom. The molecular formula is C16H23NO2. The van der Waals surface area contributed by atoms with Gasteiger partial charge in [-0.05, 0) is 30.7 Å². The molecule has 3 nitrogen and oxygen atoms in total. The van der Waals surface area contributed by atoms with Crippen LogP contribution < -0.4 is 5.32 Å². The van der Waals surface area contributed by atoms with Crippen molar-refractivity contribution in [2.45, 2.75) is 38.7 Å². The molecule has 1 aromatic carbocycles. The van der Waals surface area contributed by atoms with E-state index in [1.807, 2.05) is 32.0 Å². The van der Waals surface area contributed by atoms with E-state index < -0.39 is 5.60 Å². The second kappa shape index (κ2) is 5.33. The molecule has 1 saturated carbocycles. The number of amides is 1. The van der Waals surface area contributed by atoms with Crippen molar-refractivity contribution < 1.29 is 9.90 Å². The van der Waals surface area contributed by atoms with E-state index in [9.17, 15) is 9.90 Å². The maximum Gasteiger partial charge on any atom is 0.223 e. The third-order valence-electron chi connectivity index (χ3n) is 4.22. The van der Waals surface area contributed by atoms with Gasteiger partial charge in [0.05, 0.1) is 5.60 Å². The molecule has 0 radical (unpaired) electrons. The molecule has 0 saturated heterocycles. The number of aliphatic hydroxyl groups is 1. The van der Waals surface area contributed by atoms with Crippen LogP contribution in [0.15, 0.2) is 30.3 Å². The lowest BCUT2D eigenvalue weighted by molar-refractivity contribution is -0.124. The van der Waals surface area contributed by atoms with E-state index in [1.165, 1.54) is 5.56 Å². The van der Waals surface area contributed by atoms with Gasteiger partial charge in [0.25, 0.3) is 0 Å². The second-order valence-corrected chi connectivity index (χ2v) is 6.09. The van der Waals surface area contributed by atoms with E-state index in [2.05, 4.69) is 17.4 Å². The first-order valence-corrected chi connectivity index (χ1v) is 6.97. The number of nitrogens with one attached hydrogen (secondary N) is 1. The average molecular weight is 261 g/mol. The first-order valence-electron chi connectivity index (χ1n) is 6.97. The summed E-state index contributed by atoms with van der Waals surface area (Å²) >= 11 is 0. The number of benzene rings is 1. The highest BCUT2D eigenvalue weighted by atomic mass is 16.3. The third-order valence-corrected chi connectivity index (χ3v) is 4.22. The maximum absolute atomic E-state index is 12.0. The molecule has 0 aliphatic heterocycles. The Bertz CT molecular complexity index is 439. The van der Waals surface area contributed by atoms with Crippen LogP contribution in [0.1, 0.15) is 38.7 Å². The number of hydrogen-bond donors (Lipinski definition) is 2. The van der Waals surface area contributed by atoms with Gasteiger partial charge in [-0.2, -0.15) is 0 Å². The molecule has 0 spiro atoms. The zero-order valence-electron chi connectivity index (χ0n) is 11.9. The highest BCUT2D eigenvalue weighted by Crippen LogP contribution is 2.47. The molecule has 1 amide bonds. The molecular weight excluding hydrogens is 238 g/mol.